The number of para-hydroxylation sites is 1. The van der Waals surface area contributed by atoms with E-state index in [2.05, 4.69) is 29.4 Å². The standard InChI is InChI=1S/C34H28N4O2/c1-37(2)28-20-19-26(32(21-28)40-23-27-15-10-14-24-11-6-7-16-29(24)27)22-35-38-33(25-12-4-3-5-13-25)36-31-18-9-8-17-30(31)34(38)39/h3-22H,23H2,1-2H3. The number of rotatable bonds is 7. The second kappa shape index (κ2) is 10.9. The third kappa shape index (κ3) is 4.95. The van der Waals surface area contributed by atoms with Gasteiger partial charge in [-0.2, -0.15) is 9.78 Å². The molecule has 1 aromatic heterocycles. The number of hydrogen-bond donors (Lipinski definition) is 0. The topological polar surface area (TPSA) is 59.7 Å². The first-order valence-electron chi connectivity index (χ1n) is 13.1. The Morgan fingerprint density at radius 3 is 2.38 bits per heavy atom. The van der Waals surface area contributed by atoms with Crippen LogP contribution < -0.4 is 15.2 Å². The molecule has 0 aliphatic carbocycles. The molecule has 0 aliphatic heterocycles. The summed E-state index contributed by atoms with van der Waals surface area (Å²) in [7, 11) is 3.98. The number of ether oxygens (including phenoxy) is 1. The van der Waals surface area contributed by atoms with Gasteiger partial charge in [-0.05, 0) is 40.6 Å². The van der Waals surface area contributed by atoms with E-state index in [1.54, 1.807) is 12.3 Å². The van der Waals surface area contributed by atoms with Crippen molar-refractivity contribution in [3.8, 4) is 17.1 Å². The Morgan fingerprint density at radius 1 is 0.825 bits per heavy atom. The van der Waals surface area contributed by atoms with Crippen molar-refractivity contribution in [1.82, 2.24) is 9.66 Å². The molecule has 0 N–H and O–H groups in total. The summed E-state index contributed by atoms with van der Waals surface area (Å²) in [6, 6.07) is 37.4. The molecular weight excluding hydrogens is 496 g/mol. The fraction of sp³-hybridized carbons (Fsp3) is 0.0882. The Kier molecular flexibility index (Phi) is 6.81. The van der Waals surface area contributed by atoms with E-state index >= 15 is 0 Å². The molecule has 6 aromatic rings. The number of hydrogen-bond acceptors (Lipinski definition) is 5. The molecule has 0 spiro atoms. The highest BCUT2D eigenvalue weighted by molar-refractivity contribution is 5.87. The van der Waals surface area contributed by atoms with Crippen LogP contribution in [0.4, 0.5) is 5.69 Å². The molecule has 0 bridgehead atoms. The van der Waals surface area contributed by atoms with Crippen LogP contribution in [0.2, 0.25) is 0 Å². The monoisotopic (exact) mass is 524 g/mol. The summed E-state index contributed by atoms with van der Waals surface area (Å²) in [5.74, 6) is 1.15. The van der Waals surface area contributed by atoms with Crippen LogP contribution in [0, 0.1) is 0 Å². The maximum absolute atomic E-state index is 13.6. The van der Waals surface area contributed by atoms with Crippen LogP contribution in [-0.2, 0) is 6.61 Å². The average Bonchev–Trinajstić information content (AvgIpc) is 3.00. The molecule has 0 atom stereocenters. The van der Waals surface area contributed by atoms with Gasteiger partial charge in [0, 0.05) is 37.0 Å². The first-order chi connectivity index (χ1) is 19.6. The predicted molar refractivity (Wildman–Crippen MR) is 163 cm³/mol. The lowest BCUT2D eigenvalue weighted by molar-refractivity contribution is 0.307. The Morgan fingerprint density at radius 2 is 1.55 bits per heavy atom. The van der Waals surface area contributed by atoms with Gasteiger partial charge in [0.05, 0.1) is 17.1 Å². The highest BCUT2D eigenvalue weighted by Crippen LogP contribution is 2.27. The van der Waals surface area contributed by atoms with Gasteiger partial charge in [0.25, 0.3) is 5.56 Å². The molecule has 0 saturated carbocycles. The Bertz CT molecular complexity index is 1900. The fourth-order valence-corrected chi connectivity index (χ4v) is 4.73. The summed E-state index contributed by atoms with van der Waals surface area (Å²) in [6.45, 7) is 0.395. The minimum atomic E-state index is -0.233. The largest absolute Gasteiger partial charge is 0.488 e. The van der Waals surface area contributed by atoms with Gasteiger partial charge in [-0.1, -0.05) is 84.9 Å². The van der Waals surface area contributed by atoms with Gasteiger partial charge in [-0.3, -0.25) is 4.79 Å². The molecule has 0 aliphatic rings. The van der Waals surface area contributed by atoms with Crippen molar-refractivity contribution >= 4 is 33.6 Å². The Labute approximate surface area is 232 Å². The molecule has 0 amide bonds. The van der Waals surface area contributed by atoms with Gasteiger partial charge in [0.2, 0.25) is 0 Å². The van der Waals surface area contributed by atoms with Gasteiger partial charge in [0.15, 0.2) is 5.82 Å². The maximum Gasteiger partial charge on any atom is 0.282 e. The van der Waals surface area contributed by atoms with Gasteiger partial charge in [0.1, 0.15) is 12.4 Å². The second-order valence-electron chi connectivity index (χ2n) is 9.72. The van der Waals surface area contributed by atoms with Gasteiger partial charge in [-0.25, -0.2) is 4.98 Å². The smallest absolute Gasteiger partial charge is 0.282 e. The zero-order chi connectivity index (χ0) is 27.5. The van der Waals surface area contributed by atoms with E-state index in [4.69, 9.17) is 9.72 Å². The van der Waals surface area contributed by atoms with Crippen molar-refractivity contribution in [2.75, 3.05) is 19.0 Å². The van der Waals surface area contributed by atoms with Crippen LogP contribution in [-0.4, -0.2) is 30.0 Å². The van der Waals surface area contributed by atoms with Gasteiger partial charge >= 0.3 is 0 Å². The van der Waals surface area contributed by atoms with E-state index < -0.39 is 0 Å². The molecule has 1 heterocycles. The number of nitrogens with zero attached hydrogens (tertiary/aromatic N) is 4. The molecule has 6 nitrogen and oxygen atoms in total. The van der Waals surface area contributed by atoms with Crippen molar-refractivity contribution in [2.24, 2.45) is 5.10 Å². The second-order valence-corrected chi connectivity index (χ2v) is 9.72. The van der Waals surface area contributed by atoms with E-state index in [0.29, 0.717) is 29.1 Å². The van der Waals surface area contributed by atoms with Crippen LogP contribution in [0.3, 0.4) is 0 Å². The first-order valence-corrected chi connectivity index (χ1v) is 13.1. The zero-order valence-corrected chi connectivity index (χ0v) is 22.4. The maximum atomic E-state index is 13.6. The van der Waals surface area contributed by atoms with Crippen molar-refractivity contribution < 1.29 is 4.74 Å². The molecule has 0 unspecified atom stereocenters. The SMILES string of the molecule is CN(C)c1ccc(C=Nn2c(-c3ccccc3)nc3ccccc3c2=O)c(OCc2cccc3ccccc23)c1. The third-order valence-electron chi connectivity index (χ3n) is 6.87. The summed E-state index contributed by atoms with van der Waals surface area (Å²) >= 11 is 0. The Hall–Kier alpha value is -5.23. The zero-order valence-electron chi connectivity index (χ0n) is 22.4. The summed E-state index contributed by atoms with van der Waals surface area (Å²) < 4.78 is 7.77. The van der Waals surface area contributed by atoms with Crippen molar-refractivity contribution in [3.63, 3.8) is 0 Å². The fourth-order valence-electron chi connectivity index (χ4n) is 4.73. The molecule has 0 radical (unpaired) electrons. The van der Waals surface area contributed by atoms with Gasteiger partial charge in [-0.15, -0.1) is 0 Å². The molecule has 0 fully saturated rings. The van der Waals surface area contributed by atoms with E-state index in [1.165, 1.54) is 10.1 Å². The highest BCUT2D eigenvalue weighted by Gasteiger charge is 2.13. The molecule has 6 heteroatoms. The lowest BCUT2D eigenvalue weighted by atomic mass is 10.1. The quantitative estimate of drug-likeness (QED) is 0.217. The molecular formula is C34H28N4O2. The molecule has 196 valence electrons. The summed E-state index contributed by atoms with van der Waals surface area (Å²) in [5, 5.41) is 7.50. The lowest BCUT2D eigenvalue weighted by Crippen LogP contribution is -2.20. The van der Waals surface area contributed by atoms with E-state index in [9.17, 15) is 4.79 Å². The third-order valence-corrected chi connectivity index (χ3v) is 6.87. The van der Waals surface area contributed by atoms with Crippen molar-refractivity contribution in [3.05, 3.63) is 137 Å². The van der Waals surface area contributed by atoms with E-state index in [1.807, 2.05) is 104 Å². The summed E-state index contributed by atoms with van der Waals surface area (Å²) in [4.78, 5) is 20.4. The lowest BCUT2D eigenvalue weighted by Gasteiger charge is -2.17. The van der Waals surface area contributed by atoms with E-state index in [-0.39, 0.29) is 5.56 Å². The molecule has 6 rings (SSSR count). The minimum Gasteiger partial charge on any atom is -0.488 e. The van der Waals surface area contributed by atoms with Crippen LogP contribution >= 0.6 is 0 Å². The summed E-state index contributed by atoms with van der Waals surface area (Å²) in [5.41, 5.74) is 4.05. The van der Waals surface area contributed by atoms with E-state index in [0.717, 1.165) is 27.8 Å². The number of fused-ring (bicyclic) bond motifs is 2. The van der Waals surface area contributed by atoms with Crippen LogP contribution in [0.15, 0.2) is 125 Å². The highest BCUT2D eigenvalue weighted by atomic mass is 16.5. The van der Waals surface area contributed by atoms with Crippen LogP contribution in [0.25, 0.3) is 33.1 Å². The van der Waals surface area contributed by atoms with Crippen LogP contribution in [0.1, 0.15) is 11.1 Å². The summed E-state index contributed by atoms with van der Waals surface area (Å²) in [6.07, 6.45) is 1.67. The molecule has 0 saturated heterocycles. The average molecular weight is 525 g/mol. The Balaban J connectivity index is 1.42. The predicted octanol–water partition coefficient (Wildman–Crippen LogP) is 6.74. The minimum absolute atomic E-state index is 0.233. The number of benzene rings is 5. The van der Waals surface area contributed by atoms with Gasteiger partial charge < -0.3 is 9.64 Å². The van der Waals surface area contributed by atoms with Crippen molar-refractivity contribution in [1.29, 1.82) is 0 Å². The number of anilines is 1. The van der Waals surface area contributed by atoms with Crippen LogP contribution in [0.5, 0.6) is 5.75 Å². The molecule has 5 aromatic carbocycles. The molecule has 40 heavy (non-hydrogen) atoms. The normalized spacial score (nSPS) is 11.3. The first kappa shape index (κ1) is 25.1. The number of aromatic nitrogens is 2. The van der Waals surface area contributed by atoms with Crippen molar-refractivity contribution in [2.45, 2.75) is 6.61 Å².